The second-order valence-electron chi connectivity index (χ2n) is 5.24. The predicted octanol–water partition coefficient (Wildman–Crippen LogP) is 3.54. The molecule has 0 saturated carbocycles. The van der Waals surface area contributed by atoms with E-state index in [0.717, 1.165) is 11.9 Å². The fourth-order valence-electron chi connectivity index (χ4n) is 2.16. The Bertz CT molecular complexity index is 727. The van der Waals surface area contributed by atoms with Crippen molar-refractivity contribution in [1.29, 1.82) is 0 Å². The summed E-state index contributed by atoms with van der Waals surface area (Å²) in [5.74, 6) is 0. The molecule has 0 bridgehead atoms. The van der Waals surface area contributed by atoms with Crippen molar-refractivity contribution in [3.05, 3.63) is 59.7 Å². The maximum Gasteiger partial charge on any atom is 0.229 e. The van der Waals surface area contributed by atoms with Gasteiger partial charge in [-0.3, -0.25) is 4.72 Å². The summed E-state index contributed by atoms with van der Waals surface area (Å²) in [5, 5.41) is 3.38. The van der Waals surface area contributed by atoms with Crippen LogP contribution in [0.3, 0.4) is 0 Å². The fraction of sp³-hybridized carbons (Fsp3) is 0.250. The Morgan fingerprint density at radius 1 is 1.00 bits per heavy atom. The van der Waals surface area contributed by atoms with Crippen molar-refractivity contribution in [3.8, 4) is 0 Å². The minimum absolute atomic E-state index is 0.137. The molecule has 0 aliphatic rings. The van der Waals surface area contributed by atoms with E-state index in [4.69, 9.17) is 0 Å². The molecular weight excluding hydrogens is 284 g/mol. The standard InChI is InChI=1S/C16H20N2O2S/c1-12-6-4-7-14(10-12)13(2)17-15-8-5-9-16(11-15)18-21(3,19)20/h4-11,13,17-18H,1-3H3. The van der Waals surface area contributed by atoms with Crippen molar-refractivity contribution in [2.24, 2.45) is 0 Å². The number of anilines is 2. The van der Waals surface area contributed by atoms with Gasteiger partial charge in [-0.2, -0.15) is 0 Å². The molecule has 0 spiro atoms. The van der Waals surface area contributed by atoms with E-state index >= 15 is 0 Å². The first-order chi connectivity index (χ1) is 9.83. The van der Waals surface area contributed by atoms with E-state index in [0.29, 0.717) is 5.69 Å². The molecule has 1 atom stereocenters. The third kappa shape index (κ3) is 4.79. The Kier molecular flexibility index (Phi) is 4.53. The minimum Gasteiger partial charge on any atom is -0.378 e. The molecule has 0 radical (unpaired) electrons. The van der Waals surface area contributed by atoms with Gasteiger partial charge in [-0.05, 0) is 37.6 Å². The quantitative estimate of drug-likeness (QED) is 0.888. The molecule has 2 aromatic carbocycles. The lowest BCUT2D eigenvalue weighted by atomic mass is 10.1. The SMILES string of the molecule is Cc1cccc(C(C)Nc2cccc(NS(C)(=O)=O)c2)c1. The molecule has 4 nitrogen and oxygen atoms in total. The van der Waals surface area contributed by atoms with Crippen LogP contribution in [0.1, 0.15) is 24.1 Å². The van der Waals surface area contributed by atoms with Crippen LogP contribution in [0.25, 0.3) is 0 Å². The van der Waals surface area contributed by atoms with Crippen LogP contribution in [0.15, 0.2) is 48.5 Å². The Hall–Kier alpha value is -2.01. The second-order valence-corrected chi connectivity index (χ2v) is 6.98. The van der Waals surface area contributed by atoms with Crippen LogP contribution in [0.5, 0.6) is 0 Å². The van der Waals surface area contributed by atoms with Gasteiger partial charge in [-0.15, -0.1) is 0 Å². The zero-order valence-corrected chi connectivity index (χ0v) is 13.2. The lowest BCUT2D eigenvalue weighted by molar-refractivity contribution is 0.607. The van der Waals surface area contributed by atoms with Crippen molar-refractivity contribution in [2.75, 3.05) is 16.3 Å². The molecule has 0 amide bonds. The first-order valence-electron chi connectivity index (χ1n) is 6.74. The molecular formula is C16H20N2O2S. The highest BCUT2D eigenvalue weighted by atomic mass is 32.2. The van der Waals surface area contributed by atoms with Crippen LogP contribution in [0, 0.1) is 6.92 Å². The number of aryl methyl sites for hydroxylation is 1. The van der Waals surface area contributed by atoms with Crippen LogP contribution >= 0.6 is 0 Å². The lowest BCUT2D eigenvalue weighted by Crippen LogP contribution is -2.10. The fourth-order valence-corrected chi connectivity index (χ4v) is 2.71. The zero-order chi connectivity index (χ0) is 15.5. The van der Waals surface area contributed by atoms with Gasteiger partial charge in [-0.1, -0.05) is 35.9 Å². The van der Waals surface area contributed by atoms with E-state index < -0.39 is 10.0 Å². The van der Waals surface area contributed by atoms with E-state index in [1.807, 2.05) is 18.2 Å². The second kappa shape index (κ2) is 6.18. The number of hydrogen-bond donors (Lipinski definition) is 2. The predicted molar refractivity (Wildman–Crippen MR) is 88.1 cm³/mol. The van der Waals surface area contributed by atoms with E-state index in [2.05, 4.69) is 42.1 Å². The number of hydrogen-bond acceptors (Lipinski definition) is 3. The van der Waals surface area contributed by atoms with Gasteiger partial charge >= 0.3 is 0 Å². The third-order valence-electron chi connectivity index (χ3n) is 3.09. The highest BCUT2D eigenvalue weighted by Crippen LogP contribution is 2.22. The Morgan fingerprint density at radius 2 is 1.67 bits per heavy atom. The average molecular weight is 304 g/mol. The van der Waals surface area contributed by atoms with Crippen LogP contribution in [-0.4, -0.2) is 14.7 Å². The van der Waals surface area contributed by atoms with Crippen LogP contribution in [-0.2, 0) is 10.0 Å². The Balaban J connectivity index is 2.14. The van der Waals surface area contributed by atoms with Crippen molar-refractivity contribution in [2.45, 2.75) is 19.9 Å². The topological polar surface area (TPSA) is 58.2 Å². The Labute approximate surface area is 126 Å². The summed E-state index contributed by atoms with van der Waals surface area (Å²) in [6.07, 6.45) is 1.14. The Morgan fingerprint density at radius 3 is 2.33 bits per heavy atom. The molecule has 0 aromatic heterocycles. The first-order valence-corrected chi connectivity index (χ1v) is 8.63. The summed E-state index contributed by atoms with van der Waals surface area (Å²) in [6.45, 7) is 4.14. The van der Waals surface area contributed by atoms with Crippen molar-refractivity contribution in [3.63, 3.8) is 0 Å². The molecule has 21 heavy (non-hydrogen) atoms. The van der Waals surface area contributed by atoms with Gasteiger partial charge in [0.25, 0.3) is 0 Å². The average Bonchev–Trinajstić information content (AvgIpc) is 2.37. The summed E-state index contributed by atoms with van der Waals surface area (Å²) < 4.78 is 25.0. The smallest absolute Gasteiger partial charge is 0.229 e. The van der Waals surface area contributed by atoms with E-state index in [-0.39, 0.29) is 6.04 Å². The van der Waals surface area contributed by atoms with Crippen LogP contribution in [0.4, 0.5) is 11.4 Å². The van der Waals surface area contributed by atoms with Gasteiger partial charge in [0.15, 0.2) is 0 Å². The van der Waals surface area contributed by atoms with E-state index in [1.54, 1.807) is 12.1 Å². The largest absolute Gasteiger partial charge is 0.378 e. The third-order valence-corrected chi connectivity index (χ3v) is 3.70. The maximum atomic E-state index is 11.3. The van der Waals surface area contributed by atoms with Gasteiger partial charge in [0.05, 0.1) is 11.9 Å². The molecule has 0 heterocycles. The summed E-state index contributed by atoms with van der Waals surface area (Å²) in [4.78, 5) is 0. The van der Waals surface area contributed by atoms with Crippen molar-refractivity contribution >= 4 is 21.4 Å². The first kappa shape index (κ1) is 15.4. The maximum absolute atomic E-state index is 11.3. The molecule has 0 fully saturated rings. The summed E-state index contributed by atoms with van der Waals surface area (Å²) in [5.41, 5.74) is 3.83. The summed E-state index contributed by atoms with van der Waals surface area (Å²) in [6, 6.07) is 15.7. The molecule has 0 aliphatic heterocycles. The highest BCUT2D eigenvalue weighted by molar-refractivity contribution is 7.92. The van der Waals surface area contributed by atoms with Gasteiger partial charge in [0.1, 0.15) is 0 Å². The lowest BCUT2D eigenvalue weighted by Gasteiger charge is -2.17. The van der Waals surface area contributed by atoms with Crippen molar-refractivity contribution < 1.29 is 8.42 Å². The molecule has 2 rings (SSSR count). The van der Waals surface area contributed by atoms with Gasteiger partial charge in [-0.25, -0.2) is 8.42 Å². The zero-order valence-electron chi connectivity index (χ0n) is 12.4. The van der Waals surface area contributed by atoms with Crippen LogP contribution < -0.4 is 10.0 Å². The molecule has 112 valence electrons. The van der Waals surface area contributed by atoms with Crippen molar-refractivity contribution in [1.82, 2.24) is 0 Å². The van der Waals surface area contributed by atoms with Crippen LogP contribution in [0.2, 0.25) is 0 Å². The highest BCUT2D eigenvalue weighted by Gasteiger charge is 2.07. The van der Waals surface area contributed by atoms with E-state index in [1.165, 1.54) is 11.1 Å². The molecule has 0 saturated heterocycles. The van der Waals surface area contributed by atoms with E-state index in [9.17, 15) is 8.42 Å². The number of benzene rings is 2. The number of rotatable bonds is 5. The molecule has 2 N–H and O–H groups in total. The molecule has 5 heteroatoms. The number of sulfonamides is 1. The monoisotopic (exact) mass is 304 g/mol. The van der Waals surface area contributed by atoms with Gasteiger partial charge in [0, 0.05) is 11.7 Å². The number of nitrogens with one attached hydrogen (secondary N) is 2. The minimum atomic E-state index is -3.26. The normalized spacial score (nSPS) is 12.7. The molecule has 2 aromatic rings. The summed E-state index contributed by atoms with van der Waals surface area (Å²) in [7, 11) is -3.26. The molecule has 0 aliphatic carbocycles. The molecule has 1 unspecified atom stereocenters. The van der Waals surface area contributed by atoms with Gasteiger partial charge < -0.3 is 5.32 Å². The van der Waals surface area contributed by atoms with Gasteiger partial charge in [0.2, 0.25) is 10.0 Å². The summed E-state index contributed by atoms with van der Waals surface area (Å²) >= 11 is 0.